The molecule has 0 aliphatic carbocycles. The zero-order valence-electron chi connectivity index (χ0n) is 14.4. The molecule has 0 fully saturated rings. The summed E-state index contributed by atoms with van der Waals surface area (Å²) in [5.74, 6) is -0.543. The van der Waals surface area contributed by atoms with Gasteiger partial charge in [0.15, 0.2) is 0 Å². The van der Waals surface area contributed by atoms with E-state index in [0.717, 1.165) is 29.0 Å². The zero-order valence-corrected chi connectivity index (χ0v) is 15.2. The topological polar surface area (TPSA) is 65.8 Å². The van der Waals surface area contributed by atoms with Gasteiger partial charge < -0.3 is 5.32 Å². The van der Waals surface area contributed by atoms with Crippen molar-refractivity contribution in [3.8, 4) is 6.07 Å². The third kappa shape index (κ3) is 4.76. The Kier molecular flexibility index (Phi) is 5.93. The number of benzene rings is 1. The first-order valence-electron chi connectivity index (χ1n) is 7.60. The van der Waals surface area contributed by atoms with E-state index in [1.807, 2.05) is 32.0 Å². The van der Waals surface area contributed by atoms with Crippen LogP contribution in [0.5, 0.6) is 0 Å². The van der Waals surface area contributed by atoms with Crippen LogP contribution in [0.4, 0.5) is 18.9 Å². The Hall–Kier alpha value is -2.53. The molecule has 1 amide bonds. The standard InChI is InChI=1S/C18H16F3N3OS/c1-10-4-5-14(12(3)6-10)23-16(25)9-26-17-13(8-22)11(2)7-15(24-17)18(19,20)21/h4-7H,9H2,1-3H3,(H,23,25). The molecule has 0 spiro atoms. The smallest absolute Gasteiger partial charge is 0.325 e. The lowest BCUT2D eigenvalue weighted by atomic mass is 10.1. The molecule has 0 radical (unpaired) electrons. The molecule has 8 heteroatoms. The second-order valence-corrected chi connectivity index (χ2v) is 6.73. The number of hydrogen-bond acceptors (Lipinski definition) is 4. The van der Waals surface area contributed by atoms with Crippen LogP contribution in [0.15, 0.2) is 29.3 Å². The summed E-state index contributed by atoms with van der Waals surface area (Å²) < 4.78 is 38.7. The van der Waals surface area contributed by atoms with Gasteiger partial charge in [0, 0.05) is 5.69 Å². The number of hydrogen-bond donors (Lipinski definition) is 1. The molecule has 26 heavy (non-hydrogen) atoms. The van der Waals surface area contributed by atoms with E-state index in [-0.39, 0.29) is 27.8 Å². The summed E-state index contributed by atoms with van der Waals surface area (Å²) in [7, 11) is 0. The van der Waals surface area contributed by atoms with Crippen molar-refractivity contribution < 1.29 is 18.0 Å². The maximum Gasteiger partial charge on any atom is 0.433 e. The lowest BCUT2D eigenvalue weighted by molar-refractivity contribution is -0.141. The van der Waals surface area contributed by atoms with Gasteiger partial charge in [0.2, 0.25) is 5.91 Å². The number of aryl methyl sites for hydroxylation is 3. The Balaban J connectivity index is 2.16. The first kappa shape index (κ1) is 19.8. The van der Waals surface area contributed by atoms with Gasteiger partial charge in [-0.1, -0.05) is 29.5 Å². The number of pyridine rings is 1. The number of nitrogens with one attached hydrogen (secondary N) is 1. The molecule has 1 aromatic carbocycles. The summed E-state index contributed by atoms with van der Waals surface area (Å²) in [5.41, 5.74) is 1.71. The Bertz CT molecular complexity index is 888. The van der Waals surface area contributed by atoms with Crippen LogP contribution >= 0.6 is 11.8 Å². The van der Waals surface area contributed by atoms with Gasteiger partial charge in [0.05, 0.1) is 11.3 Å². The van der Waals surface area contributed by atoms with E-state index in [1.165, 1.54) is 6.92 Å². The Morgan fingerprint density at radius 1 is 1.23 bits per heavy atom. The number of nitrogens with zero attached hydrogens (tertiary/aromatic N) is 2. The zero-order chi connectivity index (χ0) is 19.5. The van der Waals surface area contributed by atoms with Crippen molar-refractivity contribution in [3.05, 3.63) is 52.2 Å². The van der Waals surface area contributed by atoms with Crippen molar-refractivity contribution in [2.75, 3.05) is 11.1 Å². The molecule has 0 saturated heterocycles. The van der Waals surface area contributed by atoms with Crippen LogP contribution in [0.3, 0.4) is 0 Å². The maximum absolute atomic E-state index is 12.9. The highest BCUT2D eigenvalue weighted by Gasteiger charge is 2.34. The minimum absolute atomic E-state index is 0.0438. The quantitative estimate of drug-likeness (QED) is 0.787. The normalized spacial score (nSPS) is 11.1. The van der Waals surface area contributed by atoms with Crippen molar-refractivity contribution in [1.29, 1.82) is 5.26 Å². The van der Waals surface area contributed by atoms with Crippen LogP contribution in [0.2, 0.25) is 0 Å². The minimum atomic E-state index is -4.62. The van der Waals surface area contributed by atoms with Gasteiger partial charge in [0.25, 0.3) is 0 Å². The second kappa shape index (κ2) is 7.79. The summed E-state index contributed by atoms with van der Waals surface area (Å²) in [6, 6.07) is 8.20. The predicted molar refractivity (Wildman–Crippen MR) is 94.0 cm³/mol. The number of rotatable bonds is 4. The Morgan fingerprint density at radius 3 is 2.50 bits per heavy atom. The number of amides is 1. The van der Waals surface area contributed by atoms with E-state index < -0.39 is 11.9 Å². The van der Waals surface area contributed by atoms with Crippen molar-refractivity contribution in [1.82, 2.24) is 4.98 Å². The molecule has 0 aliphatic heterocycles. The lowest BCUT2D eigenvalue weighted by Gasteiger charge is -2.12. The van der Waals surface area contributed by atoms with Gasteiger partial charge in [-0.2, -0.15) is 18.4 Å². The molecule has 0 aliphatic rings. The average Bonchev–Trinajstić information content (AvgIpc) is 2.54. The molecule has 0 saturated carbocycles. The van der Waals surface area contributed by atoms with E-state index in [1.54, 1.807) is 6.07 Å². The Labute approximate surface area is 153 Å². The Morgan fingerprint density at radius 2 is 1.92 bits per heavy atom. The third-order valence-corrected chi connectivity index (χ3v) is 4.56. The second-order valence-electron chi connectivity index (χ2n) is 5.77. The summed E-state index contributed by atoms with van der Waals surface area (Å²) in [6.45, 7) is 5.19. The van der Waals surface area contributed by atoms with E-state index >= 15 is 0 Å². The summed E-state index contributed by atoms with van der Waals surface area (Å²) in [5, 5.41) is 11.8. The predicted octanol–water partition coefficient (Wildman–Crippen LogP) is 4.63. The summed E-state index contributed by atoms with van der Waals surface area (Å²) >= 11 is 0.807. The number of anilines is 1. The van der Waals surface area contributed by atoms with E-state index in [9.17, 15) is 23.2 Å². The number of aromatic nitrogens is 1. The number of alkyl halides is 3. The fourth-order valence-corrected chi connectivity index (χ4v) is 3.16. The fourth-order valence-electron chi connectivity index (χ4n) is 2.30. The maximum atomic E-state index is 12.9. The van der Waals surface area contributed by atoms with Crippen LogP contribution < -0.4 is 5.32 Å². The van der Waals surface area contributed by atoms with Crippen molar-refractivity contribution >= 4 is 23.4 Å². The van der Waals surface area contributed by atoms with Gasteiger partial charge in [-0.15, -0.1) is 0 Å². The van der Waals surface area contributed by atoms with Gasteiger partial charge in [-0.05, 0) is 44.0 Å². The SMILES string of the molecule is Cc1ccc(NC(=O)CSc2nc(C(F)(F)F)cc(C)c2C#N)c(C)c1. The van der Waals surface area contributed by atoms with Crippen LogP contribution in [-0.2, 0) is 11.0 Å². The van der Waals surface area contributed by atoms with Crippen LogP contribution in [0.1, 0.15) is 27.9 Å². The molecule has 4 nitrogen and oxygen atoms in total. The first-order valence-corrected chi connectivity index (χ1v) is 8.59. The highest BCUT2D eigenvalue weighted by atomic mass is 32.2. The largest absolute Gasteiger partial charge is 0.433 e. The number of nitriles is 1. The number of halogens is 3. The molecule has 2 rings (SSSR count). The van der Waals surface area contributed by atoms with Crippen LogP contribution in [-0.4, -0.2) is 16.6 Å². The molecule has 1 N–H and O–H groups in total. The van der Waals surface area contributed by atoms with Crippen LogP contribution in [0, 0.1) is 32.1 Å². The van der Waals surface area contributed by atoms with E-state index in [0.29, 0.717) is 5.69 Å². The monoisotopic (exact) mass is 379 g/mol. The molecule has 1 heterocycles. The van der Waals surface area contributed by atoms with E-state index in [2.05, 4.69) is 10.3 Å². The van der Waals surface area contributed by atoms with Crippen molar-refractivity contribution in [3.63, 3.8) is 0 Å². The average molecular weight is 379 g/mol. The molecule has 0 bridgehead atoms. The fraction of sp³-hybridized carbons (Fsp3) is 0.278. The molecule has 0 unspecified atom stereocenters. The minimum Gasteiger partial charge on any atom is -0.325 e. The molecular formula is C18H16F3N3OS. The molecule has 0 atom stereocenters. The van der Waals surface area contributed by atoms with Crippen molar-refractivity contribution in [2.45, 2.75) is 32.0 Å². The van der Waals surface area contributed by atoms with E-state index in [4.69, 9.17) is 0 Å². The van der Waals surface area contributed by atoms with Gasteiger partial charge in [0.1, 0.15) is 16.8 Å². The van der Waals surface area contributed by atoms with Gasteiger partial charge in [-0.3, -0.25) is 4.79 Å². The molecule has 2 aromatic rings. The number of thioether (sulfide) groups is 1. The van der Waals surface area contributed by atoms with Gasteiger partial charge >= 0.3 is 6.18 Å². The van der Waals surface area contributed by atoms with Gasteiger partial charge in [-0.25, -0.2) is 4.98 Å². The number of carbonyl (C=O) groups excluding carboxylic acids is 1. The van der Waals surface area contributed by atoms with Crippen LogP contribution in [0.25, 0.3) is 0 Å². The first-order chi connectivity index (χ1) is 12.1. The highest BCUT2D eigenvalue weighted by Crippen LogP contribution is 2.32. The molecule has 136 valence electrons. The molecular weight excluding hydrogens is 363 g/mol. The number of carbonyl (C=O) groups is 1. The third-order valence-electron chi connectivity index (χ3n) is 3.58. The lowest BCUT2D eigenvalue weighted by Crippen LogP contribution is -2.16. The summed E-state index contributed by atoms with van der Waals surface area (Å²) in [6.07, 6.45) is -4.62. The molecule has 1 aromatic heterocycles. The summed E-state index contributed by atoms with van der Waals surface area (Å²) in [4.78, 5) is 15.6. The highest BCUT2D eigenvalue weighted by molar-refractivity contribution is 8.00. The van der Waals surface area contributed by atoms with Crippen molar-refractivity contribution in [2.24, 2.45) is 0 Å².